The summed E-state index contributed by atoms with van der Waals surface area (Å²) in [5.74, 6) is 1.99. The van der Waals surface area contributed by atoms with Crippen LogP contribution in [0.15, 0.2) is 48.8 Å². The van der Waals surface area contributed by atoms with Crippen LogP contribution in [-0.2, 0) is 28.5 Å². The molecule has 4 N–H and O–H groups in total. The Hall–Kier alpha value is -6.14. The summed E-state index contributed by atoms with van der Waals surface area (Å²) in [6.45, 7) is 10.3. The molecule has 6 atom stereocenters. The first-order valence-electron chi connectivity index (χ1n) is 22.9. The fourth-order valence-electron chi connectivity index (χ4n) is 8.56. The van der Waals surface area contributed by atoms with Crippen LogP contribution in [0.1, 0.15) is 90.0 Å². The van der Waals surface area contributed by atoms with E-state index in [1.54, 1.807) is 36.4 Å². The largest absolute Gasteiger partial charge is 0.491 e. The number of carbonyl (C=O) groups excluding carboxylic acids is 4. The summed E-state index contributed by atoms with van der Waals surface area (Å²) in [7, 11) is 5.82. The Kier molecular flexibility index (Phi) is 17.4. The second-order valence-electron chi connectivity index (χ2n) is 16.8. The smallest absolute Gasteiger partial charge is 0.407 e. The number of benzene rings is 2. The molecule has 0 aliphatic carbocycles. The van der Waals surface area contributed by atoms with Gasteiger partial charge in [0.25, 0.3) is 0 Å². The summed E-state index contributed by atoms with van der Waals surface area (Å²) >= 11 is 0. The van der Waals surface area contributed by atoms with Crippen LogP contribution in [0.3, 0.4) is 0 Å². The van der Waals surface area contributed by atoms with Gasteiger partial charge in [0.2, 0.25) is 11.8 Å². The average molecular weight is 915 g/mol. The number of aromatic amines is 2. The number of nitrogens with one attached hydrogen (secondary N) is 4. The molecular weight excluding hydrogens is 849 g/mol. The second-order valence-corrected chi connectivity index (χ2v) is 16.8. The first-order chi connectivity index (χ1) is 32.0. The molecule has 2 saturated heterocycles. The molecule has 2 aromatic carbocycles. The Morgan fingerprint density at radius 3 is 1.42 bits per heavy atom. The number of carbonyl (C=O) groups is 4. The highest BCUT2D eigenvalue weighted by molar-refractivity contribution is 5.87. The number of rotatable bonds is 21. The van der Waals surface area contributed by atoms with Gasteiger partial charge < -0.3 is 58.8 Å². The Morgan fingerprint density at radius 1 is 0.652 bits per heavy atom. The summed E-state index contributed by atoms with van der Waals surface area (Å²) in [6, 6.07) is 9.82. The van der Waals surface area contributed by atoms with Crippen LogP contribution in [0.4, 0.5) is 9.59 Å². The highest BCUT2D eigenvalue weighted by Crippen LogP contribution is 2.42. The molecule has 0 radical (unpaired) electrons. The van der Waals surface area contributed by atoms with E-state index in [2.05, 4.69) is 20.6 Å². The van der Waals surface area contributed by atoms with E-state index in [0.717, 1.165) is 59.3 Å². The molecule has 66 heavy (non-hydrogen) atoms. The van der Waals surface area contributed by atoms with E-state index in [1.807, 2.05) is 64.1 Å². The van der Waals surface area contributed by atoms with Gasteiger partial charge in [0.1, 0.15) is 48.4 Å². The van der Waals surface area contributed by atoms with Gasteiger partial charge in [0.05, 0.1) is 63.3 Å². The fraction of sp³-hybridized carbons (Fsp3) is 0.542. The van der Waals surface area contributed by atoms with Gasteiger partial charge in [-0.1, -0.05) is 52.7 Å². The summed E-state index contributed by atoms with van der Waals surface area (Å²) < 4.78 is 33.1. The topological polar surface area (TPSA) is 212 Å². The maximum absolute atomic E-state index is 13.9. The van der Waals surface area contributed by atoms with Gasteiger partial charge in [0, 0.05) is 49.6 Å². The lowest BCUT2D eigenvalue weighted by Crippen LogP contribution is -2.51. The molecule has 4 amide bonds. The maximum atomic E-state index is 13.9. The predicted octanol–water partition coefficient (Wildman–Crippen LogP) is 7.05. The van der Waals surface area contributed by atoms with Crippen molar-refractivity contribution in [1.82, 2.24) is 40.4 Å². The van der Waals surface area contributed by atoms with Crippen LogP contribution in [-0.4, -0.2) is 134 Å². The number of aromatic nitrogens is 4. The zero-order valence-corrected chi connectivity index (χ0v) is 39.4. The molecule has 0 spiro atoms. The molecule has 4 heterocycles. The quantitative estimate of drug-likeness (QED) is 0.0620. The van der Waals surface area contributed by atoms with Gasteiger partial charge in [-0.2, -0.15) is 0 Å². The van der Waals surface area contributed by atoms with E-state index in [-0.39, 0.29) is 35.7 Å². The molecule has 358 valence electrons. The van der Waals surface area contributed by atoms with Crippen LogP contribution < -0.4 is 20.1 Å². The molecular formula is C48H66N8O10. The normalized spacial score (nSPS) is 17.8. The van der Waals surface area contributed by atoms with Crippen LogP contribution in [0.5, 0.6) is 11.5 Å². The number of H-pyrrole nitrogens is 2. The SMILES string of the molecule is CC[C@H](C)[C@H](NC(=O)OC)C(=O)N1CCC[C@H]1c1ncc(-c2ccc(-c3ccc(-c4cnc([C@@H]5CCCN5C(=O)[C@@H](NC(=O)OC)[C@@H](C)CC)[nH]4)cc3OCCOC)c(OCCOC)c2)[nH]1. The molecule has 4 aromatic rings. The number of likely N-dealkylation sites (tertiary alicyclic amines) is 2. The molecule has 18 heteroatoms. The van der Waals surface area contributed by atoms with Crippen molar-refractivity contribution < 1.29 is 47.6 Å². The van der Waals surface area contributed by atoms with E-state index in [9.17, 15) is 19.2 Å². The minimum absolute atomic E-state index is 0.0974. The van der Waals surface area contributed by atoms with Crippen LogP contribution in [0.25, 0.3) is 33.6 Å². The molecule has 2 aliphatic rings. The third-order valence-electron chi connectivity index (χ3n) is 12.7. The fourth-order valence-corrected chi connectivity index (χ4v) is 8.56. The second kappa shape index (κ2) is 23.4. The van der Waals surface area contributed by atoms with Gasteiger partial charge in [-0.25, -0.2) is 19.6 Å². The average Bonchev–Trinajstić information content (AvgIpc) is 4.19. The number of imidazole rings is 2. The van der Waals surface area contributed by atoms with Crippen LogP contribution >= 0.6 is 0 Å². The standard InChI is InChI=1S/C48H66N8O10/c1-9-29(3)41(53-47(59)63-7)45(57)55-19-11-13-37(55)43-49-27-35(51-43)31-15-17-33(39(25-31)65-23-21-61-5)34-18-16-32(26-40(34)66-24-22-62-6)36-28-50-44(52-36)38-14-12-20-56(38)46(58)42(30(4)10-2)54-48(60)64-8/h15-18,25-30,37-38,41-42H,9-14,19-24H2,1-8H3,(H,49,51)(H,50,52)(H,53,59)(H,54,60)/t29-,30-,37-,38-,41-,42-/m0/s1. The number of nitrogens with zero attached hydrogens (tertiary/aromatic N) is 4. The van der Waals surface area contributed by atoms with E-state index < -0.39 is 24.3 Å². The lowest BCUT2D eigenvalue weighted by molar-refractivity contribution is -0.136. The first kappa shape index (κ1) is 49.3. The van der Waals surface area contributed by atoms with E-state index >= 15 is 0 Å². The Bertz CT molecular complexity index is 2110. The van der Waals surface area contributed by atoms with Crippen molar-refractivity contribution in [2.45, 2.75) is 90.4 Å². The summed E-state index contributed by atoms with van der Waals surface area (Å²) in [6.07, 6.45) is 6.71. The summed E-state index contributed by atoms with van der Waals surface area (Å²) in [5.41, 5.74) is 4.72. The molecule has 0 unspecified atom stereocenters. The summed E-state index contributed by atoms with van der Waals surface area (Å²) in [5, 5.41) is 5.50. The molecule has 0 bridgehead atoms. The van der Waals surface area contributed by atoms with Gasteiger partial charge >= 0.3 is 12.2 Å². The van der Waals surface area contributed by atoms with E-state index in [0.29, 0.717) is 75.5 Å². The van der Waals surface area contributed by atoms with Crippen molar-refractivity contribution in [3.05, 3.63) is 60.4 Å². The number of ether oxygens (including phenoxy) is 6. The van der Waals surface area contributed by atoms with Crippen molar-refractivity contribution in [1.29, 1.82) is 0 Å². The number of methoxy groups -OCH3 is 4. The number of amides is 4. The zero-order valence-electron chi connectivity index (χ0n) is 39.4. The number of hydrogen-bond donors (Lipinski definition) is 4. The molecule has 0 saturated carbocycles. The molecule has 18 nitrogen and oxygen atoms in total. The predicted molar refractivity (Wildman–Crippen MR) is 247 cm³/mol. The molecule has 2 aliphatic heterocycles. The lowest BCUT2D eigenvalue weighted by atomic mass is 9.97. The van der Waals surface area contributed by atoms with Crippen molar-refractivity contribution in [3.8, 4) is 45.1 Å². The van der Waals surface area contributed by atoms with Gasteiger partial charge in [-0.3, -0.25) is 9.59 Å². The minimum atomic E-state index is -0.724. The first-order valence-corrected chi connectivity index (χ1v) is 22.9. The maximum Gasteiger partial charge on any atom is 0.407 e. The van der Waals surface area contributed by atoms with Crippen molar-refractivity contribution in [2.24, 2.45) is 11.8 Å². The third-order valence-corrected chi connectivity index (χ3v) is 12.7. The monoisotopic (exact) mass is 914 g/mol. The highest BCUT2D eigenvalue weighted by atomic mass is 16.5. The highest BCUT2D eigenvalue weighted by Gasteiger charge is 2.39. The lowest BCUT2D eigenvalue weighted by Gasteiger charge is -2.30. The Labute approximate surface area is 386 Å². The summed E-state index contributed by atoms with van der Waals surface area (Å²) in [4.78, 5) is 72.3. The molecule has 2 aromatic heterocycles. The van der Waals surface area contributed by atoms with E-state index in [4.69, 9.17) is 38.4 Å². The van der Waals surface area contributed by atoms with Gasteiger partial charge in [0.15, 0.2) is 0 Å². The number of hydrogen-bond acceptors (Lipinski definition) is 12. The van der Waals surface area contributed by atoms with Gasteiger partial charge in [-0.15, -0.1) is 0 Å². The Morgan fingerprint density at radius 2 is 1.06 bits per heavy atom. The molecule has 6 rings (SSSR count). The zero-order chi connectivity index (χ0) is 47.3. The minimum Gasteiger partial charge on any atom is -0.491 e. The van der Waals surface area contributed by atoms with Gasteiger partial charge in [-0.05, 0) is 61.8 Å². The van der Waals surface area contributed by atoms with Crippen molar-refractivity contribution in [3.63, 3.8) is 0 Å². The van der Waals surface area contributed by atoms with Crippen molar-refractivity contribution >= 4 is 24.0 Å². The Balaban J connectivity index is 1.28. The van der Waals surface area contributed by atoms with Crippen LogP contribution in [0.2, 0.25) is 0 Å². The number of alkyl carbamates (subject to hydrolysis) is 2. The van der Waals surface area contributed by atoms with Crippen LogP contribution in [0, 0.1) is 11.8 Å². The van der Waals surface area contributed by atoms with Crippen molar-refractivity contribution in [2.75, 3.05) is 68.0 Å². The van der Waals surface area contributed by atoms with E-state index in [1.165, 1.54) is 14.2 Å². The molecule has 2 fully saturated rings. The third kappa shape index (κ3) is 11.4.